The van der Waals surface area contributed by atoms with Crippen LogP contribution in [0.2, 0.25) is 0 Å². The topological polar surface area (TPSA) is 0 Å². The summed E-state index contributed by atoms with van der Waals surface area (Å²) in [4.78, 5) is 0. The Labute approximate surface area is 208 Å². The molecule has 4 atom stereocenters. The van der Waals surface area contributed by atoms with Crippen LogP contribution in [0.3, 0.4) is 0 Å². The van der Waals surface area contributed by atoms with Crippen molar-refractivity contribution < 1.29 is 8.78 Å². The molecule has 3 aliphatic rings. The minimum absolute atomic E-state index is 0.301. The Balaban J connectivity index is 1.25. The standard InChI is InChI=1S/C32H50F2/c1-3-5-7-8-9-23-11-13-24(14-12-23)25-15-16-27-20-28(18-17-26(27)19-25)29-21-31(33)30(10-6-4-2)32(34)22-29/h21-28H,3-20H2,1-2H3. The van der Waals surface area contributed by atoms with Crippen LogP contribution in [0.15, 0.2) is 12.1 Å². The monoisotopic (exact) mass is 472 g/mol. The highest BCUT2D eigenvalue weighted by molar-refractivity contribution is 5.29. The molecule has 0 saturated heterocycles. The van der Waals surface area contributed by atoms with Crippen molar-refractivity contribution in [3.05, 3.63) is 34.9 Å². The minimum Gasteiger partial charge on any atom is -0.207 e. The fourth-order valence-electron chi connectivity index (χ4n) is 7.92. The number of fused-ring (bicyclic) bond motifs is 1. The smallest absolute Gasteiger partial charge is 0.129 e. The average Bonchev–Trinajstić information content (AvgIpc) is 2.86. The van der Waals surface area contributed by atoms with Crippen molar-refractivity contribution >= 4 is 0 Å². The minimum atomic E-state index is -0.310. The van der Waals surface area contributed by atoms with Gasteiger partial charge in [-0.2, -0.15) is 0 Å². The molecule has 0 bridgehead atoms. The second-order valence-corrected chi connectivity index (χ2v) is 12.3. The zero-order chi connectivity index (χ0) is 23.9. The van der Waals surface area contributed by atoms with Crippen LogP contribution in [0.4, 0.5) is 8.78 Å². The lowest BCUT2D eigenvalue weighted by Gasteiger charge is -2.45. The highest BCUT2D eigenvalue weighted by atomic mass is 19.1. The Morgan fingerprint density at radius 3 is 1.91 bits per heavy atom. The Hall–Kier alpha value is -0.920. The summed E-state index contributed by atoms with van der Waals surface area (Å²) in [6.45, 7) is 4.37. The van der Waals surface area contributed by atoms with Gasteiger partial charge in [0.05, 0.1) is 0 Å². The summed E-state index contributed by atoms with van der Waals surface area (Å²) >= 11 is 0. The zero-order valence-corrected chi connectivity index (χ0v) is 22.1. The maximum atomic E-state index is 14.7. The van der Waals surface area contributed by atoms with Crippen LogP contribution < -0.4 is 0 Å². The zero-order valence-electron chi connectivity index (χ0n) is 22.1. The first kappa shape index (κ1) is 26.2. The Kier molecular flexibility index (Phi) is 9.89. The molecule has 192 valence electrons. The molecule has 3 saturated carbocycles. The van der Waals surface area contributed by atoms with Gasteiger partial charge in [-0.05, 0) is 117 Å². The molecule has 1 aromatic rings. The van der Waals surface area contributed by atoms with Gasteiger partial charge in [0.15, 0.2) is 0 Å². The number of benzene rings is 1. The Bertz CT molecular complexity index is 724. The van der Waals surface area contributed by atoms with Gasteiger partial charge in [-0.15, -0.1) is 0 Å². The molecule has 0 aliphatic heterocycles. The number of unbranched alkanes of at least 4 members (excludes halogenated alkanes) is 4. The predicted molar refractivity (Wildman–Crippen MR) is 140 cm³/mol. The third kappa shape index (κ3) is 6.64. The normalized spacial score (nSPS) is 31.9. The number of rotatable bonds is 10. The molecular weight excluding hydrogens is 422 g/mol. The summed E-state index contributed by atoms with van der Waals surface area (Å²) in [5, 5.41) is 0. The highest BCUT2D eigenvalue weighted by Gasteiger charge is 2.39. The molecule has 0 spiro atoms. The van der Waals surface area contributed by atoms with E-state index in [0.717, 1.165) is 60.8 Å². The third-order valence-corrected chi connectivity index (χ3v) is 10.1. The van der Waals surface area contributed by atoms with Crippen LogP contribution in [0.25, 0.3) is 0 Å². The van der Waals surface area contributed by atoms with Crippen molar-refractivity contribution in [1.82, 2.24) is 0 Å². The average molecular weight is 473 g/mol. The Morgan fingerprint density at radius 1 is 0.647 bits per heavy atom. The number of hydrogen-bond acceptors (Lipinski definition) is 0. The van der Waals surface area contributed by atoms with Gasteiger partial charge < -0.3 is 0 Å². The maximum absolute atomic E-state index is 14.7. The van der Waals surface area contributed by atoms with Crippen molar-refractivity contribution in [2.45, 2.75) is 135 Å². The van der Waals surface area contributed by atoms with E-state index >= 15 is 0 Å². The maximum Gasteiger partial charge on any atom is 0.129 e. The van der Waals surface area contributed by atoms with Gasteiger partial charge in [-0.3, -0.25) is 0 Å². The molecule has 0 N–H and O–H groups in total. The summed E-state index contributed by atoms with van der Waals surface area (Å²) in [5.41, 5.74) is 1.23. The number of halogens is 2. The van der Waals surface area contributed by atoms with Gasteiger partial charge in [0.25, 0.3) is 0 Å². The lowest BCUT2D eigenvalue weighted by atomic mass is 9.60. The second-order valence-electron chi connectivity index (χ2n) is 12.3. The van der Waals surface area contributed by atoms with Crippen LogP contribution in [0, 0.1) is 41.2 Å². The van der Waals surface area contributed by atoms with Crippen LogP contribution in [0.1, 0.15) is 140 Å². The van der Waals surface area contributed by atoms with Gasteiger partial charge in [-0.1, -0.05) is 65.2 Å². The highest BCUT2D eigenvalue weighted by Crippen LogP contribution is 2.51. The molecule has 2 heteroatoms. The van der Waals surface area contributed by atoms with Gasteiger partial charge in [0.2, 0.25) is 0 Å². The summed E-state index contributed by atoms with van der Waals surface area (Å²) in [5.74, 6) is 4.30. The van der Waals surface area contributed by atoms with Crippen molar-refractivity contribution in [3.8, 4) is 0 Å². The van der Waals surface area contributed by atoms with E-state index < -0.39 is 0 Å². The molecule has 0 aromatic heterocycles. The molecule has 3 fully saturated rings. The van der Waals surface area contributed by atoms with E-state index in [4.69, 9.17) is 0 Å². The van der Waals surface area contributed by atoms with E-state index in [9.17, 15) is 8.78 Å². The molecule has 34 heavy (non-hydrogen) atoms. The first-order valence-electron chi connectivity index (χ1n) is 15.1. The fourth-order valence-corrected chi connectivity index (χ4v) is 7.92. The molecule has 1 aromatic carbocycles. The van der Waals surface area contributed by atoms with E-state index in [1.54, 1.807) is 12.1 Å². The summed E-state index contributed by atoms with van der Waals surface area (Å²) in [7, 11) is 0. The third-order valence-electron chi connectivity index (χ3n) is 10.1. The largest absolute Gasteiger partial charge is 0.207 e. The molecule has 0 amide bonds. The second kappa shape index (κ2) is 12.9. The molecule has 0 nitrogen and oxygen atoms in total. The van der Waals surface area contributed by atoms with Crippen molar-refractivity contribution in [1.29, 1.82) is 0 Å². The Morgan fingerprint density at radius 2 is 1.24 bits per heavy atom. The first-order chi connectivity index (χ1) is 16.6. The SMILES string of the molecule is CCCCCCC1CCC(C2CCC3CC(c4cc(F)c(CCCC)c(F)c4)CCC3C2)CC1. The van der Waals surface area contributed by atoms with Crippen LogP contribution >= 0.6 is 0 Å². The van der Waals surface area contributed by atoms with Gasteiger partial charge in [-0.25, -0.2) is 8.78 Å². The molecule has 0 radical (unpaired) electrons. The summed E-state index contributed by atoms with van der Waals surface area (Å²) < 4.78 is 29.3. The van der Waals surface area contributed by atoms with Crippen molar-refractivity contribution in [2.24, 2.45) is 29.6 Å². The summed E-state index contributed by atoms with van der Waals surface area (Å²) in [6.07, 6.45) is 23.1. The van der Waals surface area contributed by atoms with Gasteiger partial charge >= 0.3 is 0 Å². The molecule has 3 aliphatic carbocycles. The molecule has 0 heterocycles. The van der Waals surface area contributed by atoms with Crippen LogP contribution in [-0.4, -0.2) is 0 Å². The lowest BCUT2D eigenvalue weighted by Crippen LogP contribution is -2.34. The van der Waals surface area contributed by atoms with E-state index in [2.05, 4.69) is 13.8 Å². The van der Waals surface area contributed by atoms with E-state index in [1.807, 2.05) is 0 Å². The summed E-state index contributed by atoms with van der Waals surface area (Å²) in [6, 6.07) is 3.34. The van der Waals surface area contributed by atoms with Crippen LogP contribution in [0.5, 0.6) is 0 Å². The first-order valence-corrected chi connectivity index (χ1v) is 15.1. The van der Waals surface area contributed by atoms with Crippen LogP contribution in [-0.2, 0) is 6.42 Å². The molecule has 4 unspecified atom stereocenters. The van der Waals surface area contributed by atoms with Gasteiger partial charge in [0.1, 0.15) is 11.6 Å². The lowest BCUT2D eigenvalue weighted by molar-refractivity contribution is 0.0709. The van der Waals surface area contributed by atoms with Gasteiger partial charge in [0, 0.05) is 5.56 Å². The fraction of sp³-hybridized carbons (Fsp3) is 0.812. The van der Waals surface area contributed by atoms with Crippen molar-refractivity contribution in [2.75, 3.05) is 0 Å². The van der Waals surface area contributed by atoms with E-state index in [-0.39, 0.29) is 11.6 Å². The molecule has 4 rings (SSSR count). The predicted octanol–water partition coefficient (Wildman–Crippen LogP) is 10.4. The van der Waals surface area contributed by atoms with E-state index in [0.29, 0.717) is 17.9 Å². The van der Waals surface area contributed by atoms with E-state index in [1.165, 1.54) is 83.5 Å². The number of hydrogen-bond donors (Lipinski definition) is 0. The molecular formula is C32H50F2. The quantitative estimate of drug-likeness (QED) is 0.297. The van der Waals surface area contributed by atoms with Crippen molar-refractivity contribution in [3.63, 3.8) is 0 Å².